The van der Waals surface area contributed by atoms with Crippen LogP contribution < -0.4 is 0 Å². The van der Waals surface area contributed by atoms with Gasteiger partial charge in [0, 0.05) is 0 Å². The Morgan fingerprint density at radius 3 is 1.50 bits per heavy atom. The van der Waals surface area contributed by atoms with Crippen LogP contribution in [0.5, 0.6) is 0 Å². The molecule has 1 saturated carbocycles. The molecule has 10 heavy (non-hydrogen) atoms. The summed E-state index contributed by atoms with van der Waals surface area (Å²) in [7, 11) is 0. The maximum absolute atomic E-state index is 9.22. The van der Waals surface area contributed by atoms with Crippen molar-refractivity contribution in [2.24, 2.45) is 0 Å². The quantitative estimate of drug-likeness (QED) is 0.533. The van der Waals surface area contributed by atoms with Crippen LogP contribution in [0, 0.1) is 0 Å². The van der Waals surface area contributed by atoms with Gasteiger partial charge < -0.3 is 10.2 Å². The van der Waals surface area contributed by atoms with Crippen LogP contribution in [0.3, 0.4) is 0 Å². The minimum absolute atomic E-state index is 0.157. The minimum Gasteiger partial charge on any atom is -0.393 e. The summed E-state index contributed by atoms with van der Waals surface area (Å²) in [6.07, 6.45) is 5.22. The predicted octanol–water partition coefficient (Wildman–Crippen LogP) is 1.06. The van der Waals surface area contributed by atoms with E-state index in [9.17, 15) is 10.2 Å². The van der Waals surface area contributed by atoms with Gasteiger partial charge >= 0.3 is 0 Å². The van der Waals surface area contributed by atoms with E-state index in [0.29, 0.717) is 0 Å². The minimum atomic E-state index is -0.157. The average Bonchev–Trinajstić information content (AvgIpc) is 1.90. The van der Waals surface area contributed by atoms with Crippen molar-refractivity contribution in [2.45, 2.75) is 50.7 Å². The van der Waals surface area contributed by atoms with Gasteiger partial charge in [-0.25, -0.2) is 0 Å². The van der Waals surface area contributed by atoms with E-state index in [0.717, 1.165) is 38.5 Å². The van der Waals surface area contributed by atoms with Crippen molar-refractivity contribution in [3.05, 3.63) is 0 Å². The van der Waals surface area contributed by atoms with E-state index in [1.54, 1.807) is 0 Å². The van der Waals surface area contributed by atoms with Crippen molar-refractivity contribution in [2.75, 3.05) is 0 Å². The summed E-state index contributed by atoms with van der Waals surface area (Å²) in [4.78, 5) is 0. The lowest BCUT2D eigenvalue weighted by Crippen LogP contribution is -2.16. The van der Waals surface area contributed by atoms with Crippen LogP contribution >= 0.6 is 0 Å². The Morgan fingerprint density at radius 2 is 1.10 bits per heavy atom. The topological polar surface area (TPSA) is 40.5 Å². The summed E-state index contributed by atoms with van der Waals surface area (Å²) in [5.74, 6) is 0. The zero-order chi connectivity index (χ0) is 7.40. The van der Waals surface area contributed by atoms with E-state index in [4.69, 9.17) is 0 Å². The van der Waals surface area contributed by atoms with Crippen molar-refractivity contribution in [1.82, 2.24) is 0 Å². The summed E-state index contributed by atoms with van der Waals surface area (Å²) in [6, 6.07) is 0. The number of hydrogen-bond donors (Lipinski definition) is 2. The first kappa shape index (κ1) is 8.02. The molecule has 1 aliphatic rings. The number of hydrogen-bond acceptors (Lipinski definition) is 2. The Hall–Kier alpha value is -0.0800. The van der Waals surface area contributed by atoms with Gasteiger partial charge in [-0.3, -0.25) is 0 Å². The van der Waals surface area contributed by atoms with E-state index in [2.05, 4.69) is 0 Å². The van der Waals surface area contributed by atoms with Crippen molar-refractivity contribution in [3.63, 3.8) is 0 Å². The molecule has 0 spiro atoms. The molecule has 0 radical (unpaired) electrons. The zero-order valence-electron chi connectivity index (χ0n) is 6.29. The Bertz CT molecular complexity index is 81.3. The molecule has 0 heterocycles. The molecule has 0 aromatic rings. The smallest absolute Gasteiger partial charge is 0.0541 e. The van der Waals surface area contributed by atoms with Gasteiger partial charge in [0.15, 0.2) is 0 Å². The van der Waals surface area contributed by atoms with Gasteiger partial charge in [0.25, 0.3) is 0 Å². The number of aliphatic hydroxyl groups excluding tert-OH is 2. The molecule has 2 heteroatoms. The standard InChI is InChI=1S/C8H16O2/c9-7-3-1-2-4-8(10)6-5-7/h7-10H,1-6H2/t7-,8+. The summed E-state index contributed by atoms with van der Waals surface area (Å²) in [6.45, 7) is 0. The normalized spacial score (nSPS) is 36.6. The molecule has 0 aromatic carbocycles. The molecule has 2 nitrogen and oxygen atoms in total. The van der Waals surface area contributed by atoms with Crippen molar-refractivity contribution in [3.8, 4) is 0 Å². The van der Waals surface area contributed by atoms with Crippen LogP contribution in [-0.2, 0) is 0 Å². The second-order valence-corrected chi connectivity index (χ2v) is 3.17. The Kier molecular flexibility index (Phi) is 3.16. The average molecular weight is 144 g/mol. The van der Waals surface area contributed by atoms with E-state index in [-0.39, 0.29) is 12.2 Å². The molecule has 1 aliphatic carbocycles. The highest BCUT2D eigenvalue weighted by atomic mass is 16.3. The molecule has 0 aliphatic heterocycles. The molecule has 0 amide bonds. The third kappa shape index (κ3) is 2.67. The summed E-state index contributed by atoms with van der Waals surface area (Å²) in [5.41, 5.74) is 0. The molecular formula is C8H16O2. The second-order valence-electron chi connectivity index (χ2n) is 3.17. The van der Waals surface area contributed by atoms with Crippen LogP contribution in [0.1, 0.15) is 38.5 Å². The molecule has 0 saturated heterocycles. The van der Waals surface area contributed by atoms with Crippen molar-refractivity contribution in [1.29, 1.82) is 0 Å². The second kappa shape index (κ2) is 3.94. The highest BCUT2D eigenvalue weighted by Crippen LogP contribution is 2.17. The number of rotatable bonds is 0. The Balaban J connectivity index is 2.23. The van der Waals surface area contributed by atoms with Gasteiger partial charge in [-0.1, -0.05) is 12.8 Å². The lowest BCUT2D eigenvalue weighted by Gasteiger charge is -2.17. The maximum atomic E-state index is 9.22. The molecule has 0 unspecified atom stereocenters. The van der Waals surface area contributed by atoms with Crippen LogP contribution in [0.2, 0.25) is 0 Å². The third-order valence-electron chi connectivity index (χ3n) is 2.16. The van der Waals surface area contributed by atoms with Crippen LogP contribution in [0.4, 0.5) is 0 Å². The van der Waals surface area contributed by atoms with E-state index >= 15 is 0 Å². The van der Waals surface area contributed by atoms with Crippen LogP contribution in [0.15, 0.2) is 0 Å². The lowest BCUT2D eigenvalue weighted by atomic mass is 9.97. The van der Waals surface area contributed by atoms with Crippen LogP contribution in [0.25, 0.3) is 0 Å². The zero-order valence-corrected chi connectivity index (χ0v) is 6.29. The first-order chi connectivity index (χ1) is 4.79. The predicted molar refractivity (Wildman–Crippen MR) is 39.7 cm³/mol. The summed E-state index contributed by atoms with van der Waals surface area (Å²) < 4.78 is 0. The molecule has 2 atom stereocenters. The van der Waals surface area contributed by atoms with Gasteiger partial charge in [0.05, 0.1) is 12.2 Å². The van der Waals surface area contributed by atoms with Crippen molar-refractivity contribution < 1.29 is 10.2 Å². The van der Waals surface area contributed by atoms with E-state index < -0.39 is 0 Å². The van der Waals surface area contributed by atoms with E-state index in [1.807, 2.05) is 0 Å². The van der Waals surface area contributed by atoms with Gasteiger partial charge in [-0.2, -0.15) is 0 Å². The van der Waals surface area contributed by atoms with Gasteiger partial charge in [-0.15, -0.1) is 0 Å². The highest BCUT2D eigenvalue weighted by molar-refractivity contribution is 4.66. The molecule has 2 N–H and O–H groups in total. The summed E-state index contributed by atoms with van der Waals surface area (Å²) >= 11 is 0. The summed E-state index contributed by atoms with van der Waals surface area (Å²) in [5, 5.41) is 18.4. The number of aliphatic hydroxyl groups is 2. The third-order valence-corrected chi connectivity index (χ3v) is 2.16. The first-order valence-corrected chi connectivity index (χ1v) is 4.15. The van der Waals surface area contributed by atoms with Gasteiger partial charge in [-0.05, 0) is 25.7 Å². The monoisotopic (exact) mass is 144 g/mol. The Morgan fingerprint density at radius 1 is 0.700 bits per heavy atom. The van der Waals surface area contributed by atoms with Gasteiger partial charge in [0.2, 0.25) is 0 Å². The maximum Gasteiger partial charge on any atom is 0.0541 e. The molecule has 60 valence electrons. The molecule has 0 bridgehead atoms. The SMILES string of the molecule is O[C@@H]1CCCC[C@H](O)CC1. The molecule has 0 aromatic heterocycles. The fourth-order valence-electron chi connectivity index (χ4n) is 1.43. The fourth-order valence-corrected chi connectivity index (χ4v) is 1.43. The van der Waals surface area contributed by atoms with E-state index in [1.165, 1.54) is 0 Å². The fraction of sp³-hybridized carbons (Fsp3) is 1.00. The highest BCUT2D eigenvalue weighted by Gasteiger charge is 2.12. The molecular weight excluding hydrogens is 128 g/mol. The molecule has 1 rings (SSSR count). The van der Waals surface area contributed by atoms with Crippen molar-refractivity contribution >= 4 is 0 Å². The van der Waals surface area contributed by atoms with Gasteiger partial charge in [0.1, 0.15) is 0 Å². The lowest BCUT2D eigenvalue weighted by molar-refractivity contribution is 0.0866. The van der Waals surface area contributed by atoms with Crippen LogP contribution in [-0.4, -0.2) is 22.4 Å². The first-order valence-electron chi connectivity index (χ1n) is 4.15. The Labute approximate surface area is 61.9 Å². The largest absolute Gasteiger partial charge is 0.393 e. The molecule has 1 fully saturated rings.